The number of sulfonamides is 1. The van der Waals surface area contributed by atoms with Gasteiger partial charge in [0.15, 0.2) is 5.76 Å². The SMILES string of the molecule is CCCN(CCC)S(=O)(=O)c1c(C)nn(Cc2cc(-c3ccccc3)on2)c1C. The fourth-order valence-electron chi connectivity index (χ4n) is 3.47. The standard InChI is InChI=1S/C21H28N4O3S/c1-5-12-24(13-6-2)29(26,27)21-16(3)22-25(17(21)4)15-19-14-20(28-23-19)18-10-8-7-9-11-18/h7-11,14H,5-6,12-13,15H2,1-4H3. The zero-order valence-electron chi connectivity index (χ0n) is 17.4. The van der Waals surface area contributed by atoms with Gasteiger partial charge in [-0.15, -0.1) is 0 Å². The topological polar surface area (TPSA) is 81.2 Å². The van der Waals surface area contributed by atoms with Crippen LogP contribution in [0.5, 0.6) is 0 Å². The molecule has 3 aromatic rings. The van der Waals surface area contributed by atoms with Crippen molar-refractivity contribution in [3.63, 3.8) is 0 Å². The zero-order valence-corrected chi connectivity index (χ0v) is 18.2. The van der Waals surface area contributed by atoms with E-state index in [2.05, 4.69) is 10.3 Å². The van der Waals surface area contributed by atoms with Gasteiger partial charge in [0.25, 0.3) is 0 Å². The largest absolute Gasteiger partial charge is 0.356 e. The van der Waals surface area contributed by atoms with Crippen molar-refractivity contribution in [3.05, 3.63) is 53.5 Å². The number of nitrogens with zero attached hydrogens (tertiary/aromatic N) is 4. The highest BCUT2D eigenvalue weighted by atomic mass is 32.2. The maximum Gasteiger partial charge on any atom is 0.246 e. The Kier molecular flexibility index (Phi) is 6.54. The van der Waals surface area contributed by atoms with E-state index in [9.17, 15) is 8.42 Å². The molecule has 7 nitrogen and oxygen atoms in total. The molecule has 3 rings (SSSR count). The van der Waals surface area contributed by atoms with Crippen LogP contribution in [-0.2, 0) is 16.6 Å². The fourth-order valence-corrected chi connectivity index (χ4v) is 5.46. The van der Waals surface area contributed by atoms with E-state index in [1.807, 2.05) is 50.2 Å². The summed E-state index contributed by atoms with van der Waals surface area (Å²) in [5.41, 5.74) is 2.76. The van der Waals surface area contributed by atoms with Crippen LogP contribution in [-0.4, -0.2) is 40.7 Å². The first-order chi connectivity index (χ1) is 13.9. The third-order valence-corrected chi connectivity index (χ3v) is 6.94. The van der Waals surface area contributed by atoms with Gasteiger partial charge in [0.05, 0.1) is 17.9 Å². The van der Waals surface area contributed by atoms with Crippen molar-refractivity contribution in [2.75, 3.05) is 13.1 Å². The van der Waals surface area contributed by atoms with Gasteiger partial charge in [0.2, 0.25) is 10.0 Å². The van der Waals surface area contributed by atoms with Crippen LogP contribution in [0.4, 0.5) is 0 Å². The number of aryl methyl sites for hydroxylation is 1. The number of benzene rings is 1. The zero-order chi connectivity index (χ0) is 21.0. The van der Waals surface area contributed by atoms with Gasteiger partial charge in [0.1, 0.15) is 10.6 Å². The molecule has 0 spiro atoms. The molecule has 1 aromatic carbocycles. The molecule has 0 atom stereocenters. The molecule has 0 saturated carbocycles. The molecule has 0 saturated heterocycles. The summed E-state index contributed by atoms with van der Waals surface area (Å²) in [5, 5.41) is 8.61. The van der Waals surface area contributed by atoms with Crippen molar-refractivity contribution in [1.82, 2.24) is 19.2 Å². The molecule has 0 unspecified atom stereocenters. The lowest BCUT2D eigenvalue weighted by atomic mass is 10.2. The van der Waals surface area contributed by atoms with Crippen molar-refractivity contribution >= 4 is 10.0 Å². The highest BCUT2D eigenvalue weighted by molar-refractivity contribution is 7.89. The second-order valence-electron chi connectivity index (χ2n) is 7.11. The lowest BCUT2D eigenvalue weighted by Crippen LogP contribution is -2.33. The number of rotatable bonds is 9. The molecule has 0 aliphatic heterocycles. The van der Waals surface area contributed by atoms with Gasteiger partial charge in [-0.25, -0.2) is 8.42 Å². The number of hydrogen-bond acceptors (Lipinski definition) is 5. The van der Waals surface area contributed by atoms with Crippen LogP contribution in [0, 0.1) is 13.8 Å². The van der Waals surface area contributed by atoms with Crippen molar-refractivity contribution in [1.29, 1.82) is 0 Å². The molecule has 8 heteroatoms. The van der Waals surface area contributed by atoms with Gasteiger partial charge in [-0.3, -0.25) is 4.68 Å². The molecule has 0 aliphatic carbocycles. The highest BCUT2D eigenvalue weighted by Gasteiger charge is 2.30. The summed E-state index contributed by atoms with van der Waals surface area (Å²) in [6, 6.07) is 11.6. The van der Waals surface area contributed by atoms with Crippen molar-refractivity contribution in [3.8, 4) is 11.3 Å². The molecule has 2 aromatic heterocycles. The minimum absolute atomic E-state index is 0.297. The lowest BCUT2D eigenvalue weighted by Gasteiger charge is -2.21. The Morgan fingerprint density at radius 3 is 2.34 bits per heavy atom. The summed E-state index contributed by atoms with van der Waals surface area (Å²) in [6.07, 6.45) is 1.54. The minimum Gasteiger partial charge on any atom is -0.356 e. The van der Waals surface area contributed by atoms with Crippen LogP contribution in [0.3, 0.4) is 0 Å². The van der Waals surface area contributed by atoms with Crippen LogP contribution in [0.15, 0.2) is 45.8 Å². The number of hydrogen-bond donors (Lipinski definition) is 0. The van der Waals surface area contributed by atoms with E-state index in [1.165, 1.54) is 0 Å². The first kappa shape index (κ1) is 21.3. The van der Waals surface area contributed by atoms with Crippen LogP contribution in [0.25, 0.3) is 11.3 Å². The summed E-state index contributed by atoms with van der Waals surface area (Å²) in [7, 11) is -3.59. The van der Waals surface area contributed by atoms with E-state index in [0.29, 0.717) is 47.4 Å². The molecule has 0 N–H and O–H groups in total. The van der Waals surface area contributed by atoms with E-state index in [-0.39, 0.29) is 0 Å². The number of aromatic nitrogens is 3. The predicted octanol–water partition coefficient (Wildman–Crippen LogP) is 4.01. The van der Waals surface area contributed by atoms with Crippen molar-refractivity contribution < 1.29 is 12.9 Å². The average Bonchev–Trinajstić information content (AvgIpc) is 3.27. The van der Waals surface area contributed by atoms with E-state index in [1.54, 1.807) is 22.8 Å². The predicted molar refractivity (Wildman–Crippen MR) is 112 cm³/mol. The molecule has 0 aliphatic rings. The van der Waals surface area contributed by atoms with Gasteiger partial charge in [-0.1, -0.05) is 49.3 Å². The van der Waals surface area contributed by atoms with Gasteiger partial charge in [-0.2, -0.15) is 9.40 Å². The Morgan fingerprint density at radius 2 is 1.72 bits per heavy atom. The normalized spacial score (nSPS) is 12.0. The van der Waals surface area contributed by atoms with Gasteiger partial charge in [0, 0.05) is 24.7 Å². The summed E-state index contributed by atoms with van der Waals surface area (Å²) >= 11 is 0. The molecule has 0 bridgehead atoms. The third kappa shape index (κ3) is 4.43. The maximum absolute atomic E-state index is 13.2. The van der Waals surface area contributed by atoms with E-state index in [0.717, 1.165) is 18.4 Å². The van der Waals surface area contributed by atoms with Crippen molar-refractivity contribution in [2.45, 2.75) is 52.0 Å². The summed E-state index contributed by atoms with van der Waals surface area (Å²) in [6.45, 7) is 8.85. The molecule has 0 radical (unpaired) electrons. The molecule has 0 fully saturated rings. The lowest BCUT2D eigenvalue weighted by molar-refractivity contribution is 0.409. The molecule has 156 valence electrons. The minimum atomic E-state index is -3.59. The first-order valence-corrected chi connectivity index (χ1v) is 11.4. The Labute approximate surface area is 172 Å². The average molecular weight is 417 g/mol. The van der Waals surface area contributed by atoms with E-state index in [4.69, 9.17) is 4.52 Å². The van der Waals surface area contributed by atoms with Crippen LogP contribution in [0.2, 0.25) is 0 Å². The van der Waals surface area contributed by atoms with Crippen LogP contribution in [0.1, 0.15) is 43.8 Å². The van der Waals surface area contributed by atoms with E-state index < -0.39 is 10.0 Å². The molecule has 0 amide bonds. The van der Waals surface area contributed by atoms with Crippen molar-refractivity contribution in [2.24, 2.45) is 0 Å². The maximum atomic E-state index is 13.2. The smallest absolute Gasteiger partial charge is 0.246 e. The van der Waals surface area contributed by atoms with E-state index >= 15 is 0 Å². The first-order valence-electron chi connectivity index (χ1n) is 9.93. The summed E-state index contributed by atoms with van der Waals surface area (Å²) in [5.74, 6) is 0.673. The Hall–Kier alpha value is -2.45. The third-order valence-electron chi connectivity index (χ3n) is 4.79. The Balaban J connectivity index is 1.89. The highest BCUT2D eigenvalue weighted by Crippen LogP contribution is 2.25. The monoisotopic (exact) mass is 416 g/mol. The van der Waals surface area contributed by atoms with Gasteiger partial charge >= 0.3 is 0 Å². The molecular formula is C21H28N4O3S. The van der Waals surface area contributed by atoms with Gasteiger partial charge < -0.3 is 4.52 Å². The molecular weight excluding hydrogens is 388 g/mol. The second kappa shape index (κ2) is 8.92. The van der Waals surface area contributed by atoms with Gasteiger partial charge in [-0.05, 0) is 26.7 Å². The molecule has 29 heavy (non-hydrogen) atoms. The Morgan fingerprint density at radius 1 is 1.07 bits per heavy atom. The van der Waals surface area contributed by atoms with Crippen LogP contribution < -0.4 is 0 Å². The molecule has 2 heterocycles. The summed E-state index contributed by atoms with van der Waals surface area (Å²) in [4.78, 5) is 0.297. The fraction of sp³-hybridized carbons (Fsp3) is 0.429. The second-order valence-corrected chi connectivity index (χ2v) is 8.98. The Bertz CT molecular complexity index is 1050. The summed E-state index contributed by atoms with van der Waals surface area (Å²) < 4.78 is 35.2. The van der Waals surface area contributed by atoms with Crippen LogP contribution >= 0.6 is 0 Å². The quantitative estimate of drug-likeness (QED) is 0.526.